The molecular formula is C16H14Cl2F2N6O. The van der Waals surface area contributed by atoms with E-state index in [1.165, 1.54) is 17.1 Å². The first kappa shape index (κ1) is 19.2. The minimum absolute atomic E-state index is 0.0579. The second-order valence-corrected chi connectivity index (χ2v) is 6.55. The van der Waals surface area contributed by atoms with Gasteiger partial charge in [0.05, 0.1) is 22.3 Å². The van der Waals surface area contributed by atoms with Crippen LogP contribution < -0.4 is 5.32 Å². The quantitative estimate of drug-likeness (QED) is 0.666. The van der Waals surface area contributed by atoms with Crippen LogP contribution in [0.5, 0.6) is 0 Å². The molecule has 0 aliphatic rings. The predicted octanol–water partition coefficient (Wildman–Crippen LogP) is 3.71. The third-order valence-electron chi connectivity index (χ3n) is 3.57. The van der Waals surface area contributed by atoms with Gasteiger partial charge in [0.15, 0.2) is 0 Å². The fraction of sp³-hybridized carbons (Fsp3) is 0.250. The van der Waals surface area contributed by atoms with Gasteiger partial charge >= 0.3 is 0 Å². The molecule has 3 aromatic rings. The summed E-state index contributed by atoms with van der Waals surface area (Å²) in [6, 6.07) is 6.41. The first-order valence-electron chi connectivity index (χ1n) is 7.77. The van der Waals surface area contributed by atoms with Crippen LogP contribution in [0.25, 0.3) is 0 Å². The molecule has 27 heavy (non-hydrogen) atoms. The number of rotatable bonds is 6. The van der Waals surface area contributed by atoms with Gasteiger partial charge < -0.3 is 0 Å². The summed E-state index contributed by atoms with van der Waals surface area (Å²) in [4.78, 5) is 16.1. The molecule has 0 atom stereocenters. The largest absolute Gasteiger partial charge is 0.292 e. The monoisotopic (exact) mass is 414 g/mol. The van der Waals surface area contributed by atoms with Crippen LogP contribution in [0.4, 0.5) is 14.7 Å². The standard InChI is InChI=1S/C16H14Cl2F2N6O/c1-9-4-13(15(19)20)26(23-9)7-14(27)22-16-21-8-25(24-16)6-10-2-3-11(17)12(18)5-10/h2-5,8,15H,6-7H2,1H3,(H,22,24,27). The number of benzene rings is 1. The van der Waals surface area contributed by atoms with Gasteiger partial charge in [0.1, 0.15) is 18.6 Å². The van der Waals surface area contributed by atoms with Gasteiger partial charge in [-0.1, -0.05) is 29.3 Å². The molecule has 0 aliphatic carbocycles. The summed E-state index contributed by atoms with van der Waals surface area (Å²) < 4.78 is 28.3. The summed E-state index contributed by atoms with van der Waals surface area (Å²) in [5.41, 5.74) is 0.934. The highest BCUT2D eigenvalue weighted by molar-refractivity contribution is 6.42. The lowest BCUT2D eigenvalue weighted by Crippen LogP contribution is -2.21. The normalized spacial score (nSPS) is 11.2. The number of halogens is 4. The number of carbonyl (C=O) groups is 1. The topological polar surface area (TPSA) is 77.6 Å². The third-order valence-corrected chi connectivity index (χ3v) is 4.31. The smallest absolute Gasteiger partial charge is 0.280 e. The molecule has 2 heterocycles. The van der Waals surface area contributed by atoms with Crippen LogP contribution in [0.2, 0.25) is 10.0 Å². The average molecular weight is 415 g/mol. The van der Waals surface area contributed by atoms with Gasteiger partial charge in [0.25, 0.3) is 6.43 Å². The van der Waals surface area contributed by atoms with Crippen LogP contribution in [0.15, 0.2) is 30.6 Å². The van der Waals surface area contributed by atoms with Crippen LogP contribution in [0, 0.1) is 6.92 Å². The Morgan fingerprint density at radius 3 is 2.70 bits per heavy atom. The predicted molar refractivity (Wildman–Crippen MR) is 96.1 cm³/mol. The number of aromatic nitrogens is 5. The molecule has 3 rings (SSSR count). The van der Waals surface area contributed by atoms with Crippen molar-refractivity contribution < 1.29 is 13.6 Å². The van der Waals surface area contributed by atoms with Crippen molar-refractivity contribution in [2.45, 2.75) is 26.4 Å². The molecular weight excluding hydrogens is 401 g/mol. The van der Waals surface area contributed by atoms with Gasteiger partial charge in [0.2, 0.25) is 11.9 Å². The van der Waals surface area contributed by atoms with Crippen molar-refractivity contribution >= 4 is 35.1 Å². The first-order valence-corrected chi connectivity index (χ1v) is 8.53. The lowest BCUT2D eigenvalue weighted by Gasteiger charge is -2.06. The minimum atomic E-state index is -2.72. The van der Waals surface area contributed by atoms with Crippen molar-refractivity contribution in [1.29, 1.82) is 0 Å². The number of alkyl halides is 2. The SMILES string of the molecule is Cc1cc(C(F)F)n(CC(=O)Nc2ncn(Cc3ccc(Cl)c(Cl)c3)n2)n1. The van der Waals surface area contributed by atoms with Crippen LogP contribution in [0.3, 0.4) is 0 Å². The molecule has 0 saturated heterocycles. The van der Waals surface area contributed by atoms with E-state index < -0.39 is 12.3 Å². The molecule has 1 aromatic carbocycles. The zero-order chi connectivity index (χ0) is 19.6. The van der Waals surface area contributed by atoms with Crippen molar-refractivity contribution in [2.24, 2.45) is 0 Å². The van der Waals surface area contributed by atoms with E-state index in [2.05, 4.69) is 20.5 Å². The van der Waals surface area contributed by atoms with E-state index in [4.69, 9.17) is 23.2 Å². The van der Waals surface area contributed by atoms with Crippen LogP contribution in [-0.2, 0) is 17.9 Å². The Morgan fingerprint density at radius 1 is 1.22 bits per heavy atom. The molecule has 0 radical (unpaired) electrons. The van der Waals surface area contributed by atoms with E-state index in [1.807, 2.05) is 0 Å². The summed E-state index contributed by atoms with van der Waals surface area (Å²) in [5.74, 6) is -0.505. The lowest BCUT2D eigenvalue weighted by molar-refractivity contribution is -0.117. The number of amides is 1. The molecule has 0 unspecified atom stereocenters. The Morgan fingerprint density at radius 2 is 2.00 bits per heavy atom. The van der Waals surface area contributed by atoms with Crippen LogP contribution in [0.1, 0.15) is 23.4 Å². The fourth-order valence-electron chi connectivity index (χ4n) is 2.42. The molecule has 0 saturated carbocycles. The molecule has 1 amide bonds. The molecule has 11 heteroatoms. The molecule has 0 fully saturated rings. The summed E-state index contributed by atoms with van der Waals surface area (Å²) in [6.07, 6.45) is -1.29. The van der Waals surface area contributed by atoms with Crippen molar-refractivity contribution in [3.63, 3.8) is 0 Å². The molecule has 0 spiro atoms. The van der Waals surface area contributed by atoms with Crippen LogP contribution in [-0.4, -0.2) is 30.5 Å². The van der Waals surface area contributed by atoms with E-state index in [-0.39, 0.29) is 18.2 Å². The average Bonchev–Trinajstić information content (AvgIpc) is 3.17. The number of nitrogens with one attached hydrogen (secondary N) is 1. The Hall–Kier alpha value is -2.52. The van der Waals surface area contributed by atoms with E-state index in [0.29, 0.717) is 22.3 Å². The first-order chi connectivity index (χ1) is 12.8. The Labute approximate surface area is 162 Å². The number of carbonyl (C=O) groups excluding carboxylic acids is 1. The fourth-order valence-corrected chi connectivity index (χ4v) is 2.74. The maximum atomic E-state index is 12.9. The highest BCUT2D eigenvalue weighted by Gasteiger charge is 2.18. The van der Waals surface area contributed by atoms with Crippen molar-refractivity contribution in [2.75, 3.05) is 5.32 Å². The number of nitrogens with zero attached hydrogens (tertiary/aromatic N) is 5. The van der Waals surface area contributed by atoms with Crippen molar-refractivity contribution in [3.8, 4) is 0 Å². The van der Waals surface area contributed by atoms with Gasteiger partial charge in [-0.05, 0) is 30.7 Å². The number of hydrogen-bond acceptors (Lipinski definition) is 4. The minimum Gasteiger partial charge on any atom is -0.292 e. The van der Waals surface area contributed by atoms with E-state index in [1.54, 1.807) is 25.1 Å². The van der Waals surface area contributed by atoms with Gasteiger partial charge in [0, 0.05) is 0 Å². The van der Waals surface area contributed by atoms with E-state index in [0.717, 1.165) is 10.2 Å². The molecule has 0 bridgehead atoms. The second kappa shape index (κ2) is 8.01. The van der Waals surface area contributed by atoms with Crippen molar-refractivity contribution in [1.82, 2.24) is 24.5 Å². The summed E-state index contributed by atoms with van der Waals surface area (Å²) in [5, 5.41) is 11.3. The summed E-state index contributed by atoms with van der Waals surface area (Å²) in [6.45, 7) is 1.58. The second-order valence-electron chi connectivity index (χ2n) is 5.73. The van der Waals surface area contributed by atoms with E-state index in [9.17, 15) is 13.6 Å². The lowest BCUT2D eigenvalue weighted by atomic mass is 10.2. The molecule has 1 N–H and O–H groups in total. The maximum absolute atomic E-state index is 12.9. The highest BCUT2D eigenvalue weighted by atomic mass is 35.5. The Bertz CT molecular complexity index is 972. The Balaban J connectivity index is 1.63. The summed E-state index contributed by atoms with van der Waals surface area (Å²) in [7, 11) is 0. The molecule has 7 nitrogen and oxygen atoms in total. The van der Waals surface area contributed by atoms with Crippen LogP contribution >= 0.6 is 23.2 Å². The molecule has 142 valence electrons. The zero-order valence-electron chi connectivity index (χ0n) is 14.0. The molecule has 0 aliphatic heterocycles. The van der Waals surface area contributed by atoms with Gasteiger partial charge in [-0.2, -0.15) is 5.10 Å². The highest BCUT2D eigenvalue weighted by Crippen LogP contribution is 2.23. The molecule has 2 aromatic heterocycles. The van der Waals surface area contributed by atoms with E-state index >= 15 is 0 Å². The zero-order valence-corrected chi connectivity index (χ0v) is 15.5. The Kier molecular flexibility index (Phi) is 5.71. The number of anilines is 1. The van der Waals surface area contributed by atoms with Gasteiger partial charge in [-0.3, -0.25) is 14.8 Å². The number of aryl methyl sites for hydroxylation is 1. The van der Waals surface area contributed by atoms with Crippen molar-refractivity contribution in [3.05, 3.63) is 57.6 Å². The third kappa shape index (κ3) is 4.81. The van der Waals surface area contributed by atoms with Gasteiger partial charge in [-0.25, -0.2) is 18.4 Å². The van der Waals surface area contributed by atoms with Gasteiger partial charge in [-0.15, -0.1) is 5.10 Å². The maximum Gasteiger partial charge on any atom is 0.280 e. The summed E-state index contributed by atoms with van der Waals surface area (Å²) >= 11 is 11.8. The number of hydrogen-bond donors (Lipinski definition) is 1.